The molecule has 6 nitrogen and oxygen atoms in total. The first-order chi connectivity index (χ1) is 11.9. The van der Waals surface area contributed by atoms with Crippen molar-refractivity contribution in [3.05, 3.63) is 48.5 Å². The van der Waals surface area contributed by atoms with E-state index in [2.05, 4.69) is 10.6 Å². The molecule has 0 radical (unpaired) electrons. The minimum absolute atomic E-state index is 0.0478. The van der Waals surface area contributed by atoms with Gasteiger partial charge in [-0.1, -0.05) is 0 Å². The predicted molar refractivity (Wildman–Crippen MR) is 93.3 cm³/mol. The van der Waals surface area contributed by atoms with Crippen molar-refractivity contribution in [2.45, 2.75) is 9.79 Å². The van der Waals surface area contributed by atoms with Gasteiger partial charge in [-0.2, -0.15) is 0 Å². The second-order valence-electron chi connectivity index (χ2n) is 4.75. The summed E-state index contributed by atoms with van der Waals surface area (Å²) in [6.45, 7) is 0. The van der Waals surface area contributed by atoms with Crippen molar-refractivity contribution in [2.24, 2.45) is 0 Å². The summed E-state index contributed by atoms with van der Waals surface area (Å²) in [4.78, 5) is 22.3. The normalized spacial score (nSPS) is 10.2. The fourth-order valence-electron chi connectivity index (χ4n) is 1.91. The number of terminal acetylenes is 2. The fourth-order valence-corrected chi connectivity index (χ4v) is 3.17. The van der Waals surface area contributed by atoms with Gasteiger partial charge in [0.1, 0.15) is 0 Å². The number of benzene rings is 2. The molecule has 124 valence electrons. The van der Waals surface area contributed by atoms with E-state index in [0.29, 0.717) is 11.4 Å². The van der Waals surface area contributed by atoms with Gasteiger partial charge in [-0.15, -0.1) is 12.8 Å². The molecule has 2 aromatic carbocycles. The van der Waals surface area contributed by atoms with Crippen LogP contribution in [0.2, 0.25) is 0 Å². The van der Waals surface area contributed by atoms with E-state index in [1.54, 1.807) is 0 Å². The molecule has 25 heavy (non-hydrogen) atoms. The monoisotopic (exact) mass is 352 g/mol. The van der Waals surface area contributed by atoms with Gasteiger partial charge in [0, 0.05) is 11.4 Å². The Labute approximate surface area is 145 Å². The number of rotatable bonds is 4. The number of carbonyl (C=O) groups excluding carboxylic acids is 2. The van der Waals surface area contributed by atoms with Crippen LogP contribution < -0.4 is 10.6 Å². The molecule has 2 rings (SSSR count). The molecule has 0 aliphatic heterocycles. The van der Waals surface area contributed by atoms with Gasteiger partial charge in [-0.05, 0) is 60.4 Å². The molecule has 0 atom stereocenters. The van der Waals surface area contributed by atoms with Crippen molar-refractivity contribution >= 4 is 33.0 Å². The van der Waals surface area contributed by atoms with Gasteiger partial charge in [0.15, 0.2) is 0 Å². The Bertz CT molecular complexity index is 916. The summed E-state index contributed by atoms with van der Waals surface area (Å²) in [5.74, 6) is 2.54. The third-order valence-electron chi connectivity index (χ3n) is 3.11. The highest BCUT2D eigenvalue weighted by Gasteiger charge is 2.17. The van der Waals surface area contributed by atoms with E-state index in [0.717, 1.165) is 0 Å². The summed E-state index contributed by atoms with van der Waals surface area (Å²) in [5, 5.41) is 4.83. The molecule has 0 saturated heterocycles. The Morgan fingerprint density at radius 2 is 1.04 bits per heavy atom. The summed E-state index contributed by atoms with van der Waals surface area (Å²) < 4.78 is 25.1. The van der Waals surface area contributed by atoms with E-state index in [-0.39, 0.29) is 9.79 Å². The maximum Gasteiger partial charge on any atom is 0.300 e. The third-order valence-corrected chi connectivity index (χ3v) is 4.89. The Hall–Kier alpha value is -3.55. The van der Waals surface area contributed by atoms with Crippen molar-refractivity contribution in [1.29, 1.82) is 0 Å². The summed E-state index contributed by atoms with van der Waals surface area (Å²) in [6, 6.07) is 11.2. The Kier molecular flexibility index (Phi) is 5.23. The highest BCUT2D eigenvalue weighted by Crippen LogP contribution is 2.23. The van der Waals surface area contributed by atoms with Gasteiger partial charge >= 0.3 is 0 Å². The molecule has 2 aromatic rings. The first kappa shape index (κ1) is 17.8. The van der Waals surface area contributed by atoms with Crippen LogP contribution >= 0.6 is 0 Å². The SMILES string of the molecule is C#CC(=O)Nc1ccc(S(=O)(=O)c2ccc(NC(=O)C#C)cc2)cc1. The van der Waals surface area contributed by atoms with Gasteiger partial charge in [-0.25, -0.2) is 8.42 Å². The van der Waals surface area contributed by atoms with Gasteiger partial charge in [-0.3, -0.25) is 9.59 Å². The molecule has 0 unspecified atom stereocenters. The van der Waals surface area contributed by atoms with E-state index in [1.807, 2.05) is 11.8 Å². The van der Waals surface area contributed by atoms with Crippen LogP contribution in [0.1, 0.15) is 0 Å². The molecule has 0 fully saturated rings. The molecule has 2 amide bonds. The summed E-state index contributed by atoms with van der Waals surface area (Å²) in [5.41, 5.74) is 0.767. The second-order valence-corrected chi connectivity index (χ2v) is 6.70. The smallest absolute Gasteiger partial charge is 0.300 e. The van der Waals surface area contributed by atoms with Gasteiger partial charge in [0.25, 0.3) is 11.8 Å². The average Bonchev–Trinajstić information content (AvgIpc) is 2.62. The van der Waals surface area contributed by atoms with Crippen molar-refractivity contribution in [3.63, 3.8) is 0 Å². The zero-order valence-electron chi connectivity index (χ0n) is 12.8. The summed E-state index contributed by atoms with van der Waals surface area (Å²) in [6.07, 6.45) is 9.90. The zero-order chi connectivity index (χ0) is 18.4. The maximum absolute atomic E-state index is 12.6. The van der Waals surface area contributed by atoms with E-state index in [1.165, 1.54) is 48.5 Å². The number of sulfone groups is 1. The van der Waals surface area contributed by atoms with E-state index in [9.17, 15) is 18.0 Å². The molecule has 0 aromatic heterocycles. The molecule has 0 spiro atoms. The molecule has 0 bridgehead atoms. The van der Waals surface area contributed by atoms with Gasteiger partial charge < -0.3 is 10.6 Å². The molecular weight excluding hydrogens is 340 g/mol. The standard InChI is InChI=1S/C18H12N2O4S/c1-3-17(21)19-13-5-9-15(10-6-13)25(23,24)16-11-7-14(8-12-16)20-18(22)4-2/h1-2,5-12H,(H,19,21)(H,20,22). The maximum atomic E-state index is 12.6. The molecule has 0 saturated carbocycles. The van der Waals surface area contributed by atoms with Crippen molar-refractivity contribution < 1.29 is 18.0 Å². The number of carbonyl (C=O) groups is 2. The van der Waals surface area contributed by atoms with E-state index in [4.69, 9.17) is 12.8 Å². The molecule has 2 N–H and O–H groups in total. The van der Waals surface area contributed by atoms with Crippen molar-refractivity contribution in [1.82, 2.24) is 0 Å². The quantitative estimate of drug-likeness (QED) is 0.819. The number of hydrogen-bond acceptors (Lipinski definition) is 4. The first-order valence-electron chi connectivity index (χ1n) is 6.87. The Morgan fingerprint density at radius 1 is 0.720 bits per heavy atom. The summed E-state index contributed by atoms with van der Waals surface area (Å²) >= 11 is 0. The van der Waals surface area contributed by atoms with E-state index >= 15 is 0 Å². The van der Waals surface area contributed by atoms with Crippen LogP contribution in [-0.4, -0.2) is 20.2 Å². The molecule has 0 aliphatic rings. The number of nitrogens with one attached hydrogen (secondary N) is 2. The lowest BCUT2D eigenvalue weighted by Gasteiger charge is -2.07. The first-order valence-corrected chi connectivity index (χ1v) is 8.35. The number of anilines is 2. The second kappa shape index (κ2) is 7.35. The van der Waals surface area contributed by atoms with Crippen molar-refractivity contribution in [2.75, 3.05) is 10.6 Å². The molecule has 7 heteroatoms. The molecular formula is C18H12N2O4S. The molecule has 0 aliphatic carbocycles. The Morgan fingerprint density at radius 3 is 1.32 bits per heavy atom. The lowest BCUT2D eigenvalue weighted by molar-refractivity contribution is -0.112. The highest BCUT2D eigenvalue weighted by molar-refractivity contribution is 7.91. The van der Waals surface area contributed by atoms with Crippen LogP contribution in [0.25, 0.3) is 0 Å². The van der Waals surface area contributed by atoms with Crippen LogP contribution in [0, 0.1) is 24.7 Å². The Balaban J connectivity index is 2.24. The predicted octanol–water partition coefficient (Wildman–Crippen LogP) is 1.66. The largest absolute Gasteiger partial charge is 0.315 e. The number of amides is 2. The van der Waals surface area contributed by atoms with Crippen molar-refractivity contribution in [3.8, 4) is 24.7 Å². The van der Waals surface area contributed by atoms with Gasteiger partial charge in [0.2, 0.25) is 9.84 Å². The van der Waals surface area contributed by atoms with Crippen LogP contribution in [-0.2, 0) is 19.4 Å². The number of hydrogen-bond donors (Lipinski definition) is 2. The molecule has 0 heterocycles. The van der Waals surface area contributed by atoms with Crippen LogP contribution in [0.3, 0.4) is 0 Å². The lowest BCUT2D eigenvalue weighted by atomic mass is 10.3. The lowest BCUT2D eigenvalue weighted by Crippen LogP contribution is -2.09. The fraction of sp³-hybridized carbons (Fsp3) is 0. The topological polar surface area (TPSA) is 92.3 Å². The van der Waals surface area contributed by atoms with Crippen LogP contribution in [0.4, 0.5) is 11.4 Å². The zero-order valence-corrected chi connectivity index (χ0v) is 13.6. The van der Waals surface area contributed by atoms with E-state index < -0.39 is 21.7 Å². The third kappa shape index (κ3) is 4.25. The minimum atomic E-state index is -3.75. The van der Waals surface area contributed by atoms with Crippen LogP contribution in [0.15, 0.2) is 58.3 Å². The van der Waals surface area contributed by atoms with Crippen LogP contribution in [0.5, 0.6) is 0 Å². The highest BCUT2D eigenvalue weighted by atomic mass is 32.2. The van der Waals surface area contributed by atoms with Gasteiger partial charge in [0.05, 0.1) is 9.79 Å². The summed E-state index contributed by atoms with van der Waals surface area (Å²) in [7, 11) is -3.75. The average molecular weight is 352 g/mol. The minimum Gasteiger partial charge on any atom is -0.315 e.